The number of hydrogen-bond acceptors (Lipinski definition) is 4. The Morgan fingerprint density at radius 2 is 1.96 bits per heavy atom. The van der Waals surface area contributed by atoms with Crippen molar-refractivity contribution >= 4 is 12.4 Å². The average Bonchev–Trinajstić information content (AvgIpc) is 2.64. The van der Waals surface area contributed by atoms with E-state index in [4.69, 9.17) is 9.47 Å². The predicted molar refractivity (Wildman–Crippen MR) is 95.8 cm³/mol. The molecule has 0 aromatic heterocycles. The van der Waals surface area contributed by atoms with Gasteiger partial charge in [-0.3, -0.25) is 4.79 Å². The Kier molecular flexibility index (Phi) is 7.09. The summed E-state index contributed by atoms with van der Waals surface area (Å²) in [6.45, 7) is 5.23. The molecule has 0 fully saturated rings. The molecule has 1 N–H and O–H groups in total. The summed E-state index contributed by atoms with van der Waals surface area (Å²) < 4.78 is 11.2. The fraction of sp³-hybridized carbons (Fsp3) is 0.333. The van der Waals surface area contributed by atoms with Crippen LogP contribution in [-0.4, -0.2) is 24.2 Å². The number of rotatable bonds is 6. The first-order chi connectivity index (χ1) is 12.4. The molecule has 0 amide bonds. The van der Waals surface area contributed by atoms with E-state index in [2.05, 4.69) is 0 Å². The average molecular weight is 376 g/mol. The van der Waals surface area contributed by atoms with E-state index in [0.29, 0.717) is 24.3 Å². The van der Waals surface area contributed by atoms with Crippen molar-refractivity contribution in [3.8, 4) is 5.75 Å². The first-order valence-corrected chi connectivity index (χ1v) is 8.51. The van der Waals surface area contributed by atoms with Crippen molar-refractivity contribution in [2.24, 2.45) is 5.92 Å². The number of hydrogen-bond donors (Lipinski definition) is 1. The van der Waals surface area contributed by atoms with Crippen LogP contribution in [0.3, 0.4) is 0 Å². The fourth-order valence-corrected chi connectivity index (χ4v) is 3.24. The predicted octanol–water partition coefficient (Wildman–Crippen LogP) is 0.429. The Morgan fingerprint density at radius 3 is 2.59 bits per heavy atom. The van der Waals surface area contributed by atoms with Gasteiger partial charge in [-0.1, -0.05) is 48.9 Å². The summed E-state index contributed by atoms with van der Waals surface area (Å²) in [4.78, 5) is 22.4. The van der Waals surface area contributed by atoms with Crippen LogP contribution in [0.5, 0.6) is 5.75 Å². The molecule has 1 heterocycles. The van der Waals surface area contributed by atoms with Crippen LogP contribution in [0.15, 0.2) is 48.5 Å². The van der Waals surface area contributed by atoms with Gasteiger partial charge in [0.05, 0.1) is 18.1 Å². The number of benzene rings is 2. The van der Waals surface area contributed by atoms with Gasteiger partial charge in [0.25, 0.3) is 0 Å². The van der Waals surface area contributed by atoms with Crippen molar-refractivity contribution < 1.29 is 53.7 Å². The first kappa shape index (κ1) is 21.5. The van der Waals surface area contributed by atoms with E-state index < -0.39 is 17.5 Å². The molecule has 27 heavy (non-hydrogen) atoms. The van der Waals surface area contributed by atoms with Gasteiger partial charge in [0.2, 0.25) is 0 Å². The van der Waals surface area contributed by atoms with Gasteiger partial charge in [-0.05, 0) is 37.5 Å². The number of carbonyl (C=O) groups is 1. The smallest absolute Gasteiger partial charge is 0.647 e. The van der Waals surface area contributed by atoms with Crippen LogP contribution in [0.25, 0.3) is 0 Å². The van der Waals surface area contributed by atoms with Gasteiger partial charge in [-0.15, -0.1) is 0 Å². The summed E-state index contributed by atoms with van der Waals surface area (Å²) >= 11 is 0. The van der Waals surface area contributed by atoms with E-state index >= 15 is 0 Å². The number of carbonyl (C=O) groups excluding carboxylic acids is 1. The van der Waals surface area contributed by atoms with E-state index in [-0.39, 0.29) is 35.5 Å². The monoisotopic (exact) mass is 376 g/mol. The second-order valence-corrected chi connectivity index (χ2v) is 7.07. The third-order valence-electron chi connectivity index (χ3n) is 4.97. The van der Waals surface area contributed by atoms with Crippen LogP contribution >= 0.6 is 0 Å². The standard InChI is InChI=1S/C21H21O5.Na/c1-21(2,20(23)24)16-8-9-17-18(11-16)25-12-15(19(17)26-13-22)10-14-6-4-3-5-7-14;/h3-9,11,15,19H,10,12H2,1-2H3,(H,23,24);/q-1;+1/t15-,19-;/m0./s1. The molecule has 3 rings (SSSR count). The molecule has 2 aromatic rings. The van der Waals surface area contributed by atoms with Gasteiger partial charge in [0.15, 0.2) is 0 Å². The quantitative estimate of drug-likeness (QED) is 0.585. The number of aliphatic carboxylic acids is 1. The first-order valence-electron chi connectivity index (χ1n) is 8.51. The van der Waals surface area contributed by atoms with E-state index in [1.54, 1.807) is 38.5 Å². The molecule has 0 bridgehead atoms. The fourth-order valence-electron chi connectivity index (χ4n) is 3.24. The van der Waals surface area contributed by atoms with E-state index in [1.807, 2.05) is 30.3 Å². The maximum atomic E-state index is 11.5. The molecule has 2 aromatic carbocycles. The largest absolute Gasteiger partial charge is 1.00 e. The van der Waals surface area contributed by atoms with Gasteiger partial charge in [0, 0.05) is 11.5 Å². The topological polar surface area (TPSA) is 72.8 Å². The van der Waals surface area contributed by atoms with E-state index in [1.165, 1.54) is 0 Å². The van der Waals surface area contributed by atoms with Crippen molar-refractivity contribution in [1.82, 2.24) is 0 Å². The Labute approximate surface area is 181 Å². The van der Waals surface area contributed by atoms with Crippen molar-refractivity contribution in [3.05, 3.63) is 65.2 Å². The molecule has 0 spiro atoms. The number of fused-ring (bicyclic) bond motifs is 1. The van der Waals surface area contributed by atoms with Crippen LogP contribution in [0.2, 0.25) is 0 Å². The van der Waals surface area contributed by atoms with Crippen molar-refractivity contribution in [2.75, 3.05) is 6.61 Å². The summed E-state index contributed by atoms with van der Waals surface area (Å²) in [6.07, 6.45) is 0.230. The number of carboxylic acids is 1. The minimum Gasteiger partial charge on any atom is -0.647 e. The van der Waals surface area contributed by atoms with Gasteiger partial charge in [-0.25, -0.2) is 0 Å². The van der Waals surface area contributed by atoms with Crippen LogP contribution in [0, 0.1) is 5.92 Å². The van der Waals surface area contributed by atoms with Crippen molar-refractivity contribution in [1.29, 1.82) is 0 Å². The van der Waals surface area contributed by atoms with Crippen LogP contribution in [-0.2, 0) is 26.2 Å². The SMILES string of the molecule is CC(C)(C(=O)O)c1ccc2c(c1)OC[C@H](Cc1ccccc1)[C@@H]2O[C-]=O.[Na+]. The minimum absolute atomic E-state index is 0. The second kappa shape index (κ2) is 8.91. The third kappa shape index (κ3) is 4.54. The van der Waals surface area contributed by atoms with Gasteiger partial charge in [0.1, 0.15) is 5.75 Å². The maximum Gasteiger partial charge on any atom is 1.00 e. The number of ether oxygens (including phenoxy) is 2. The summed E-state index contributed by atoms with van der Waals surface area (Å²) in [6, 6.07) is 15.2. The molecule has 1 aliphatic heterocycles. The van der Waals surface area contributed by atoms with Crippen LogP contribution < -0.4 is 34.3 Å². The van der Waals surface area contributed by atoms with Gasteiger partial charge >= 0.3 is 35.5 Å². The minimum atomic E-state index is -1.04. The summed E-state index contributed by atoms with van der Waals surface area (Å²) in [5.41, 5.74) is 1.48. The molecule has 1 aliphatic rings. The van der Waals surface area contributed by atoms with E-state index in [9.17, 15) is 14.7 Å². The summed E-state index contributed by atoms with van der Waals surface area (Å²) in [5, 5.41) is 9.42. The Balaban J connectivity index is 0.00000261. The Morgan fingerprint density at radius 1 is 1.26 bits per heavy atom. The van der Waals surface area contributed by atoms with Crippen molar-refractivity contribution in [3.63, 3.8) is 0 Å². The molecule has 6 heteroatoms. The molecule has 0 unspecified atom stereocenters. The molecular weight excluding hydrogens is 355 g/mol. The zero-order valence-corrected chi connectivity index (χ0v) is 17.8. The summed E-state index contributed by atoms with van der Waals surface area (Å²) in [5.74, 6) is -0.393. The Hall–Kier alpha value is -1.82. The molecule has 0 radical (unpaired) electrons. The van der Waals surface area contributed by atoms with Gasteiger partial charge in [-0.2, -0.15) is 0 Å². The molecular formula is C21H21NaO5. The molecule has 0 saturated heterocycles. The molecule has 2 atom stereocenters. The Bertz CT molecular complexity index is 803. The number of carboxylic acid groups (broad SMARTS) is 1. The second-order valence-electron chi connectivity index (χ2n) is 7.07. The zero-order chi connectivity index (χ0) is 18.7. The molecule has 5 nitrogen and oxygen atoms in total. The van der Waals surface area contributed by atoms with Crippen LogP contribution in [0.4, 0.5) is 0 Å². The van der Waals surface area contributed by atoms with Gasteiger partial charge < -0.3 is 19.4 Å². The van der Waals surface area contributed by atoms with Crippen molar-refractivity contribution in [2.45, 2.75) is 31.8 Å². The van der Waals surface area contributed by atoms with Crippen LogP contribution in [0.1, 0.15) is 36.6 Å². The molecule has 0 saturated carbocycles. The third-order valence-corrected chi connectivity index (χ3v) is 4.97. The molecule has 136 valence electrons. The molecule has 0 aliphatic carbocycles. The summed E-state index contributed by atoms with van der Waals surface area (Å²) in [7, 11) is 0. The zero-order valence-electron chi connectivity index (χ0n) is 15.8. The normalized spacial score (nSPS) is 18.4. The van der Waals surface area contributed by atoms with E-state index in [0.717, 1.165) is 11.1 Å². The maximum absolute atomic E-state index is 11.5.